The topological polar surface area (TPSA) is 29.1 Å². The average Bonchev–Trinajstić information content (AvgIpc) is 2.44. The van der Waals surface area contributed by atoms with Gasteiger partial charge in [-0.3, -0.25) is 4.79 Å². The van der Waals surface area contributed by atoms with Crippen molar-refractivity contribution in [1.29, 1.82) is 0 Å². The summed E-state index contributed by atoms with van der Waals surface area (Å²) < 4.78 is 0.942. The van der Waals surface area contributed by atoms with Gasteiger partial charge in [0.2, 0.25) is 5.91 Å². The molecule has 0 heterocycles. The molecule has 0 aliphatic rings. The highest BCUT2D eigenvalue weighted by Crippen LogP contribution is 2.21. The zero-order chi connectivity index (χ0) is 14.5. The summed E-state index contributed by atoms with van der Waals surface area (Å²) in [7, 11) is 0. The number of hydrogen-bond donors (Lipinski definition) is 2. The van der Waals surface area contributed by atoms with E-state index in [-0.39, 0.29) is 11.2 Å². The molecular weight excluding hydrogens is 334 g/mol. The fraction of sp³-hybridized carbons (Fsp3) is 0.188. The number of nitrogens with one attached hydrogen (secondary N) is 1. The molecule has 0 saturated heterocycles. The molecule has 2 rings (SSSR count). The first-order valence-electron chi connectivity index (χ1n) is 6.35. The van der Waals surface area contributed by atoms with Crippen LogP contribution in [-0.4, -0.2) is 11.2 Å². The molecule has 4 heteroatoms. The van der Waals surface area contributed by atoms with E-state index >= 15 is 0 Å². The number of carbonyl (C=O) groups excluding carboxylic acids is 1. The SMILES string of the molecule is Cc1ccc(Br)cc1NC(=O)C(S)Cc1ccccc1. The molecule has 104 valence electrons. The lowest BCUT2D eigenvalue weighted by molar-refractivity contribution is -0.115. The number of halogens is 1. The zero-order valence-electron chi connectivity index (χ0n) is 11.1. The van der Waals surface area contributed by atoms with E-state index in [1.165, 1.54) is 0 Å². The third-order valence-electron chi connectivity index (χ3n) is 3.03. The number of rotatable bonds is 4. The lowest BCUT2D eigenvalue weighted by Crippen LogP contribution is -2.25. The van der Waals surface area contributed by atoms with Gasteiger partial charge in [0.25, 0.3) is 0 Å². The minimum Gasteiger partial charge on any atom is -0.325 e. The van der Waals surface area contributed by atoms with Gasteiger partial charge in [0.15, 0.2) is 0 Å². The van der Waals surface area contributed by atoms with E-state index in [2.05, 4.69) is 33.9 Å². The monoisotopic (exact) mass is 349 g/mol. The normalized spacial score (nSPS) is 11.9. The molecule has 0 fully saturated rings. The van der Waals surface area contributed by atoms with Gasteiger partial charge in [-0.15, -0.1) is 0 Å². The Kier molecular flexibility index (Phi) is 5.26. The third-order valence-corrected chi connectivity index (χ3v) is 3.94. The summed E-state index contributed by atoms with van der Waals surface area (Å²) >= 11 is 7.81. The van der Waals surface area contributed by atoms with E-state index in [0.29, 0.717) is 6.42 Å². The average molecular weight is 350 g/mol. The number of anilines is 1. The van der Waals surface area contributed by atoms with E-state index in [1.54, 1.807) is 0 Å². The highest BCUT2D eigenvalue weighted by molar-refractivity contribution is 9.10. The van der Waals surface area contributed by atoms with Crippen molar-refractivity contribution in [3.05, 3.63) is 64.1 Å². The Hall–Kier alpha value is -1.26. The van der Waals surface area contributed by atoms with Crippen LogP contribution in [0.25, 0.3) is 0 Å². The predicted molar refractivity (Wildman–Crippen MR) is 90.4 cm³/mol. The van der Waals surface area contributed by atoms with Crippen LogP contribution < -0.4 is 5.32 Å². The van der Waals surface area contributed by atoms with E-state index < -0.39 is 0 Å². The van der Waals surface area contributed by atoms with E-state index in [0.717, 1.165) is 21.3 Å². The smallest absolute Gasteiger partial charge is 0.237 e. The molecule has 1 unspecified atom stereocenters. The highest BCUT2D eigenvalue weighted by Gasteiger charge is 2.15. The van der Waals surface area contributed by atoms with Crippen LogP contribution >= 0.6 is 28.6 Å². The van der Waals surface area contributed by atoms with E-state index in [4.69, 9.17) is 0 Å². The lowest BCUT2D eigenvalue weighted by atomic mass is 10.1. The van der Waals surface area contributed by atoms with Gasteiger partial charge in [0.05, 0.1) is 5.25 Å². The van der Waals surface area contributed by atoms with Crippen molar-refractivity contribution < 1.29 is 4.79 Å². The quantitative estimate of drug-likeness (QED) is 0.794. The van der Waals surface area contributed by atoms with Crippen LogP contribution in [0, 0.1) is 6.92 Å². The Morgan fingerprint density at radius 2 is 1.95 bits per heavy atom. The third kappa shape index (κ3) is 4.12. The molecule has 2 nitrogen and oxygen atoms in total. The van der Waals surface area contributed by atoms with Crippen molar-refractivity contribution in [2.45, 2.75) is 18.6 Å². The summed E-state index contributed by atoms with van der Waals surface area (Å²) in [6.07, 6.45) is 0.614. The molecule has 0 bridgehead atoms. The summed E-state index contributed by atoms with van der Waals surface area (Å²) in [5.41, 5.74) is 2.95. The molecule has 2 aromatic rings. The highest BCUT2D eigenvalue weighted by atomic mass is 79.9. The van der Waals surface area contributed by atoms with Gasteiger partial charge in [-0.05, 0) is 36.6 Å². The number of aryl methyl sites for hydroxylation is 1. The van der Waals surface area contributed by atoms with Crippen LogP contribution in [0.3, 0.4) is 0 Å². The van der Waals surface area contributed by atoms with Gasteiger partial charge in [0, 0.05) is 10.2 Å². The lowest BCUT2D eigenvalue weighted by Gasteiger charge is -2.13. The van der Waals surface area contributed by atoms with Crippen molar-refractivity contribution in [2.24, 2.45) is 0 Å². The van der Waals surface area contributed by atoms with E-state index in [1.807, 2.05) is 55.5 Å². The zero-order valence-corrected chi connectivity index (χ0v) is 13.6. The largest absolute Gasteiger partial charge is 0.325 e. The van der Waals surface area contributed by atoms with Crippen LogP contribution in [0.15, 0.2) is 53.0 Å². The summed E-state index contributed by atoms with van der Waals surface area (Å²) in [4.78, 5) is 12.2. The molecule has 0 aromatic heterocycles. The first-order chi connectivity index (χ1) is 9.56. The predicted octanol–water partition coefficient (Wildman–Crippen LogP) is 4.24. The molecule has 1 atom stereocenters. The second kappa shape index (κ2) is 6.95. The van der Waals surface area contributed by atoms with Crippen LogP contribution in [-0.2, 0) is 11.2 Å². The maximum atomic E-state index is 12.2. The Labute approximate surface area is 133 Å². The molecule has 2 aromatic carbocycles. The van der Waals surface area contributed by atoms with Gasteiger partial charge in [-0.1, -0.05) is 52.3 Å². The van der Waals surface area contributed by atoms with Gasteiger partial charge < -0.3 is 5.32 Å². The summed E-state index contributed by atoms with van der Waals surface area (Å²) in [5.74, 6) is -0.0848. The summed E-state index contributed by atoms with van der Waals surface area (Å²) in [6, 6.07) is 15.7. The van der Waals surface area contributed by atoms with E-state index in [9.17, 15) is 4.79 Å². The molecule has 0 spiro atoms. The second-order valence-corrected chi connectivity index (χ2v) is 6.19. The maximum Gasteiger partial charge on any atom is 0.237 e. The Bertz CT molecular complexity index is 601. The van der Waals surface area contributed by atoms with Crippen molar-refractivity contribution in [3.8, 4) is 0 Å². The molecule has 1 N–H and O–H groups in total. The summed E-state index contributed by atoms with van der Waals surface area (Å²) in [6.45, 7) is 1.97. The molecule has 0 aliphatic heterocycles. The summed E-state index contributed by atoms with van der Waals surface area (Å²) in [5, 5.41) is 2.56. The molecule has 0 saturated carbocycles. The van der Waals surface area contributed by atoms with Crippen molar-refractivity contribution in [3.63, 3.8) is 0 Å². The van der Waals surface area contributed by atoms with Crippen LogP contribution in [0.5, 0.6) is 0 Å². The fourth-order valence-corrected chi connectivity index (χ4v) is 2.51. The van der Waals surface area contributed by atoms with Gasteiger partial charge >= 0.3 is 0 Å². The van der Waals surface area contributed by atoms with Crippen LogP contribution in [0.4, 0.5) is 5.69 Å². The standard InChI is InChI=1S/C16H16BrNOS/c1-11-7-8-13(17)10-14(11)18-16(19)15(20)9-12-5-3-2-4-6-12/h2-8,10,15,20H,9H2,1H3,(H,18,19). The molecule has 1 amide bonds. The number of thiol groups is 1. The number of carbonyl (C=O) groups is 1. The molecule has 0 radical (unpaired) electrons. The van der Waals surface area contributed by atoms with Crippen LogP contribution in [0.1, 0.15) is 11.1 Å². The van der Waals surface area contributed by atoms with Gasteiger partial charge in [-0.2, -0.15) is 12.6 Å². The first-order valence-corrected chi connectivity index (χ1v) is 7.66. The molecule has 20 heavy (non-hydrogen) atoms. The number of benzene rings is 2. The molecule has 0 aliphatic carbocycles. The minimum atomic E-state index is -0.365. The van der Waals surface area contributed by atoms with Crippen molar-refractivity contribution in [1.82, 2.24) is 0 Å². The Morgan fingerprint density at radius 3 is 2.65 bits per heavy atom. The minimum absolute atomic E-state index is 0.0848. The second-order valence-electron chi connectivity index (χ2n) is 4.65. The van der Waals surface area contributed by atoms with Gasteiger partial charge in [0.1, 0.15) is 0 Å². The maximum absolute atomic E-state index is 12.2. The number of hydrogen-bond acceptors (Lipinski definition) is 2. The van der Waals surface area contributed by atoms with Crippen molar-refractivity contribution in [2.75, 3.05) is 5.32 Å². The van der Waals surface area contributed by atoms with Crippen molar-refractivity contribution >= 4 is 40.2 Å². The Morgan fingerprint density at radius 1 is 1.25 bits per heavy atom. The Balaban J connectivity index is 2.02. The van der Waals surface area contributed by atoms with Gasteiger partial charge in [-0.25, -0.2) is 0 Å². The molecular formula is C16H16BrNOS. The number of amides is 1. The van der Waals surface area contributed by atoms with Crippen LogP contribution in [0.2, 0.25) is 0 Å². The fourth-order valence-electron chi connectivity index (χ4n) is 1.87. The first kappa shape index (κ1) is 15.1.